The van der Waals surface area contributed by atoms with Crippen LogP contribution in [-0.4, -0.2) is 15.6 Å². The van der Waals surface area contributed by atoms with Crippen molar-refractivity contribution in [2.24, 2.45) is 5.14 Å². The van der Waals surface area contributed by atoms with Crippen LogP contribution < -0.4 is 5.14 Å². The maximum atomic E-state index is 9.90. The Morgan fingerprint density at radius 2 is 2.33 bits per heavy atom. The number of rotatable bonds is 2. The Hall–Kier alpha value is 0.750. The minimum absolute atomic E-state index is 0.542. The highest BCUT2D eigenvalue weighted by Crippen LogP contribution is 1.82. The third-order valence-corrected chi connectivity index (χ3v) is 1.81. The number of nitrogens with two attached hydrogens (primary N) is 1. The molecule has 0 saturated carbocycles. The molecule has 0 radical (unpaired) electrons. The van der Waals surface area contributed by atoms with Crippen molar-refractivity contribution in [1.29, 1.82) is 0 Å². The molecule has 0 saturated heterocycles. The van der Waals surface area contributed by atoms with Crippen LogP contribution in [0, 0.1) is 0 Å². The zero-order valence-corrected chi connectivity index (χ0v) is 5.59. The summed E-state index contributed by atoms with van der Waals surface area (Å²) in [5, 5.41) is 5.56. The van der Waals surface area contributed by atoms with Crippen LogP contribution in [0.15, 0.2) is 0 Å². The summed E-state index contributed by atoms with van der Waals surface area (Å²) in [6.07, 6.45) is 0. The number of hydrogen-bond donors (Lipinski definition) is 1. The predicted molar refractivity (Wildman–Crippen MR) is 31.0 cm³/mol. The number of halogens is 1. The fourth-order valence-electron chi connectivity index (χ4n) is 0.0760. The lowest BCUT2D eigenvalue weighted by Gasteiger charge is -1.96. The first kappa shape index (κ1) is 6.75. The van der Waals surface area contributed by atoms with Gasteiger partial charge in [0.05, 0.1) is 5.33 Å². The third-order valence-electron chi connectivity index (χ3n) is 0.278. The first-order valence-electron chi connectivity index (χ1n) is 1.46. The molecule has 1 atom stereocenters. The fourth-order valence-corrected chi connectivity index (χ4v) is 1.19. The van der Waals surface area contributed by atoms with Crippen LogP contribution >= 0.6 is 15.9 Å². The molecule has 1 unspecified atom stereocenters. The summed E-state index contributed by atoms with van der Waals surface area (Å²) in [4.78, 5) is 0. The van der Waals surface area contributed by atoms with Crippen LogP contribution in [0.1, 0.15) is 0 Å². The molecular formula is C2H6BrNOS. The normalized spacial score (nSPS) is 14.5. The topological polar surface area (TPSA) is 49.1 Å². The van der Waals surface area contributed by atoms with E-state index in [1.165, 1.54) is 0 Å². The molecule has 0 rings (SSSR count). The first-order valence-corrected chi connectivity index (χ1v) is 3.96. The van der Waals surface area contributed by atoms with Gasteiger partial charge in [-0.05, 0) is 0 Å². The largest absolute Gasteiger partial charge is 0.598 e. The van der Waals surface area contributed by atoms with E-state index in [0.717, 1.165) is 5.33 Å². The van der Waals surface area contributed by atoms with Crippen LogP contribution in [0.5, 0.6) is 0 Å². The van der Waals surface area contributed by atoms with E-state index in [0.29, 0.717) is 5.75 Å². The van der Waals surface area contributed by atoms with Gasteiger partial charge in [-0.15, -0.1) is 0 Å². The second-order valence-electron chi connectivity index (χ2n) is 0.774. The lowest BCUT2D eigenvalue weighted by Crippen LogP contribution is -2.16. The van der Waals surface area contributed by atoms with E-state index in [4.69, 9.17) is 5.14 Å². The van der Waals surface area contributed by atoms with Gasteiger partial charge in [0.15, 0.2) is 0 Å². The predicted octanol–water partition coefficient (Wildman–Crippen LogP) is 0.00370. The molecule has 4 heteroatoms. The second-order valence-corrected chi connectivity index (χ2v) is 2.74. The van der Waals surface area contributed by atoms with Crippen LogP contribution in [0.25, 0.3) is 0 Å². The molecular weight excluding hydrogens is 166 g/mol. The molecule has 0 aromatic rings. The van der Waals surface area contributed by atoms with Gasteiger partial charge >= 0.3 is 0 Å². The van der Waals surface area contributed by atoms with E-state index in [1.807, 2.05) is 0 Å². The lowest BCUT2D eigenvalue weighted by molar-refractivity contribution is 0.598. The molecule has 6 heavy (non-hydrogen) atoms. The summed E-state index contributed by atoms with van der Waals surface area (Å²) in [5.74, 6) is 0.542. The zero-order chi connectivity index (χ0) is 4.99. The van der Waals surface area contributed by atoms with Gasteiger partial charge < -0.3 is 4.55 Å². The van der Waals surface area contributed by atoms with Gasteiger partial charge in [-0.3, -0.25) is 0 Å². The quantitative estimate of drug-likeness (QED) is 0.470. The van der Waals surface area contributed by atoms with Crippen LogP contribution in [-0.2, 0) is 11.4 Å². The van der Waals surface area contributed by atoms with E-state index in [2.05, 4.69) is 15.9 Å². The van der Waals surface area contributed by atoms with E-state index >= 15 is 0 Å². The molecule has 0 aliphatic carbocycles. The van der Waals surface area contributed by atoms with Crippen molar-refractivity contribution in [3.8, 4) is 0 Å². The summed E-state index contributed by atoms with van der Waals surface area (Å²) >= 11 is 1.96. The highest BCUT2D eigenvalue weighted by atomic mass is 79.9. The molecule has 0 amide bonds. The molecule has 2 nitrogen and oxygen atoms in total. The highest BCUT2D eigenvalue weighted by molar-refractivity contribution is 9.09. The maximum Gasteiger partial charge on any atom is 0.135 e. The van der Waals surface area contributed by atoms with Gasteiger partial charge in [-0.25, -0.2) is 0 Å². The van der Waals surface area contributed by atoms with Crippen LogP contribution in [0.4, 0.5) is 0 Å². The first-order chi connectivity index (χ1) is 2.77. The Bertz CT molecular complexity index is 34.7. The Labute approximate surface area is 48.5 Å². The minimum atomic E-state index is -1.11. The third kappa shape index (κ3) is 4.75. The summed E-state index contributed by atoms with van der Waals surface area (Å²) < 4.78 is 9.90. The SMILES string of the molecule is N[S+]([O-])CCBr. The van der Waals surface area contributed by atoms with Crippen molar-refractivity contribution in [1.82, 2.24) is 0 Å². The molecule has 0 aromatic heterocycles. The van der Waals surface area contributed by atoms with E-state index in [9.17, 15) is 4.55 Å². The van der Waals surface area contributed by atoms with Gasteiger partial charge in [0.1, 0.15) is 5.75 Å². The molecule has 0 aliphatic heterocycles. The summed E-state index contributed by atoms with van der Waals surface area (Å²) in [5.41, 5.74) is 0. The zero-order valence-electron chi connectivity index (χ0n) is 3.19. The molecule has 2 N–H and O–H groups in total. The standard InChI is InChI=1S/C2H6BrNOS/c3-1-2-6(4)5/h1-2,4H2. The second kappa shape index (κ2) is 3.92. The summed E-state index contributed by atoms with van der Waals surface area (Å²) in [7, 11) is 0. The Morgan fingerprint density at radius 3 is 2.33 bits per heavy atom. The van der Waals surface area contributed by atoms with Crippen molar-refractivity contribution in [3.63, 3.8) is 0 Å². The van der Waals surface area contributed by atoms with E-state index in [1.54, 1.807) is 0 Å². The number of alkyl halides is 1. The Kier molecular flexibility index (Phi) is 4.41. The van der Waals surface area contributed by atoms with Crippen LogP contribution in [0.2, 0.25) is 0 Å². The highest BCUT2D eigenvalue weighted by Gasteiger charge is 1.90. The van der Waals surface area contributed by atoms with Gasteiger partial charge in [-0.2, -0.15) is 5.14 Å². The van der Waals surface area contributed by atoms with Crippen molar-refractivity contribution in [3.05, 3.63) is 0 Å². The molecule has 0 fully saturated rings. The van der Waals surface area contributed by atoms with Crippen molar-refractivity contribution < 1.29 is 4.55 Å². The molecule has 0 heterocycles. The molecule has 0 spiro atoms. The average molecular weight is 172 g/mol. The molecule has 0 aliphatic rings. The summed E-state index contributed by atoms with van der Waals surface area (Å²) in [6, 6.07) is 0. The monoisotopic (exact) mass is 171 g/mol. The van der Waals surface area contributed by atoms with Gasteiger partial charge in [0.25, 0.3) is 0 Å². The van der Waals surface area contributed by atoms with Gasteiger partial charge in [0, 0.05) is 11.4 Å². The molecule has 38 valence electrons. The maximum absolute atomic E-state index is 9.90. The van der Waals surface area contributed by atoms with Gasteiger partial charge in [-0.1, -0.05) is 15.9 Å². The lowest BCUT2D eigenvalue weighted by atomic mass is 11.0. The average Bonchev–Trinajstić information content (AvgIpc) is 1.35. The van der Waals surface area contributed by atoms with Crippen LogP contribution in [0.3, 0.4) is 0 Å². The number of hydrogen-bond acceptors (Lipinski definition) is 2. The minimum Gasteiger partial charge on any atom is -0.598 e. The molecule has 0 bridgehead atoms. The van der Waals surface area contributed by atoms with Gasteiger partial charge in [0.2, 0.25) is 0 Å². The van der Waals surface area contributed by atoms with E-state index in [-0.39, 0.29) is 0 Å². The Morgan fingerprint density at radius 1 is 1.83 bits per heavy atom. The molecule has 0 aromatic carbocycles. The fraction of sp³-hybridized carbons (Fsp3) is 1.00. The van der Waals surface area contributed by atoms with Crippen molar-refractivity contribution >= 4 is 27.3 Å². The van der Waals surface area contributed by atoms with E-state index < -0.39 is 11.4 Å². The van der Waals surface area contributed by atoms with Crippen molar-refractivity contribution in [2.45, 2.75) is 0 Å². The van der Waals surface area contributed by atoms with Crippen molar-refractivity contribution in [2.75, 3.05) is 11.1 Å². The Balaban J connectivity index is 2.63. The smallest absolute Gasteiger partial charge is 0.135 e. The summed E-state index contributed by atoms with van der Waals surface area (Å²) in [6.45, 7) is 0.